The molecule has 128 valence electrons. The Morgan fingerprint density at radius 2 is 2.25 bits per heavy atom. The predicted octanol–water partition coefficient (Wildman–Crippen LogP) is 3.34. The van der Waals surface area contributed by atoms with Crippen molar-refractivity contribution >= 4 is 22.4 Å². The monoisotopic (exact) mass is 351 g/mol. The molecule has 3 rings (SSSR count). The van der Waals surface area contributed by atoms with Crippen LogP contribution in [0.15, 0.2) is 24.4 Å². The van der Waals surface area contributed by atoms with Gasteiger partial charge in [-0.1, -0.05) is 6.07 Å². The number of hydrogen-bond donors (Lipinski definition) is 2. The number of thiazole rings is 1. The van der Waals surface area contributed by atoms with Crippen molar-refractivity contribution in [2.75, 3.05) is 11.9 Å². The van der Waals surface area contributed by atoms with Crippen LogP contribution in [-0.4, -0.2) is 23.5 Å². The maximum atomic E-state index is 13.2. The van der Waals surface area contributed by atoms with E-state index >= 15 is 0 Å². The lowest BCUT2D eigenvalue weighted by Crippen LogP contribution is -2.40. The summed E-state index contributed by atoms with van der Waals surface area (Å²) in [5.41, 5.74) is 0.669. The third-order valence-electron chi connectivity index (χ3n) is 4.14. The fraction of sp³-hybridized carbons (Fsp3) is 0.412. The van der Waals surface area contributed by atoms with Crippen LogP contribution in [0.2, 0.25) is 0 Å². The van der Waals surface area contributed by atoms with Crippen LogP contribution >= 0.6 is 11.3 Å². The van der Waals surface area contributed by atoms with E-state index in [2.05, 4.69) is 22.5 Å². The fourth-order valence-electron chi connectivity index (χ4n) is 2.88. The molecule has 0 radical (unpaired) electrons. The van der Waals surface area contributed by atoms with Crippen LogP contribution in [-0.2, 0) is 11.2 Å². The molecule has 4 nitrogen and oxygen atoms in total. The molecule has 0 bridgehead atoms. The van der Waals surface area contributed by atoms with Gasteiger partial charge in [0.05, 0.1) is 0 Å². The second-order valence-corrected chi connectivity index (χ2v) is 7.24. The van der Waals surface area contributed by atoms with Gasteiger partial charge >= 0.3 is 0 Å². The number of amides is 1. The standard InChI is InChI=1S/C17H19F2N3OS/c1-10-6-12(4-5-20-10)16(23)22-17-21-9-13(24-17)7-11-2-3-14(18)15(19)8-11/h2-3,8-10,12,20H,4-7H2,1H3,(H,21,22,23)/t10-,12-/m0/s1. The van der Waals surface area contributed by atoms with Gasteiger partial charge in [-0.15, -0.1) is 11.3 Å². The highest BCUT2D eigenvalue weighted by Gasteiger charge is 2.25. The average molecular weight is 351 g/mol. The van der Waals surface area contributed by atoms with Crippen molar-refractivity contribution in [3.63, 3.8) is 0 Å². The summed E-state index contributed by atoms with van der Waals surface area (Å²) < 4.78 is 26.2. The molecule has 1 aliphatic heterocycles. The predicted molar refractivity (Wildman–Crippen MR) is 90.1 cm³/mol. The molecule has 1 saturated heterocycles. The average Bonchev–Trinajstić information content (AvgIpc) is 2.98. The smallest absolute Gasteiger partial charge is 0.229 e. The van der Waals surface area contributed by atoms with Crippen molar-refractivity contribution in [2.45, 2.75) is 32.2 Å². The maximum absolute atomic E-state index is 13.2. The Labute approximate surface area is 143 Å². The van der Waals surface area contributed by atoms with Gasteiger partial charge in [-0.3, -0.25) is 4.79 Å². The summed E-state index contributed by atoms with van der Waals surface area (Å²) in [6.07, 6.45) is 3.75. The number of anilines is 1. The zero-order valence-electron chi connectivity index (χ0n) is 13.3. The highest BCUT2D eigenvalue weighted by atomic mass is 32.1. The lowest BCUT2D eigenvalue weighted by atomic mass is 9.93. The van der Waals surface area contributed by atoms with Crippen molar-refractivity contribution in [3.05, 3.63) is 46.5 Å². The van der Waals surface area contributed by atoms with Crippen molar-refractivity contribution < 1.29 is 13.6 Å². The first kappa shape index (κ1) is 17.0. The Morgan fingerprint density at radius 3 is 3.00 bits per heavy atom. The molecule has 0 aliphatic carbocycles. The van der Waals surface area contributed by atoms with Gasteiger partial charge < -0.3 is 10.6 Å². The zero-order valence-corrected chi connectivity index (χ0v) is 14.1. The normalized spacial score (nSPS) is 20.8. The van der Waals surface area contributed by atoms with Crippen LogP contribution in [0.3, 0.4) is 0 Å². The topological polar surface area (TPSA) is 54.0 Å². The maximum Gasteiger partial charge on any atom is 0.229 e. The van der Waals surface area contributed by atoms with Crippen molar-refractivity contribution in [3.8, 4) is 0 Å². The van der Waals surface area contributed by atoms with E-state index in [-0.39, 0.29) is 11.8 Å². The zero-order chi connectivity index (χ0) is 17.1. The summed E-state index contributed by atoms with van der Waals surface area (Å²) in [5, 5.41) is 6.73. The van der Waals surface area contributed by atoms with Gasteiger partial charge in [0.25, 0.3) is 0 Å². The van der Waals surface area contributed by atoms with Crippen LogP contribution in [0, 0.1) is 17.6 Å². The van der Waals surface area contributed by atoms with Crippen molar-refractivity contribution in [1.29, 1.82) is 0 Å². The molecule has 2 heterocycles. The molecule has 1 amide bonds. The molecule has 0 saturated carbocycles. The minimum atomic E-state index is -0.856. The molecule has 2 N–H and O–H groups in total. The summed E-state index contributed by atoms with van der Waals surface area (Å²) in [4.78, 5) is 17.4. The molecule has 1 aliphatic rings. The Hall–Kier alpha value is -1.86. The molecule has 1 aromatic carbocycles. The first-order chi connectivity index (χ1) is 11.5. The molecule has 0 unspecified atom stereocenters. The van der Waals surface area contributed by atoms with E-state index < -0.39 is 11.6 Å². The fourth-order valence-corrected chi connectivity index (χ4v) is 3.72. The van der Waals surface area contributed by atoms with Gasteiger partial charge in [-0.2, -0.15) is 0 Å². The molecule has 24 heavy (non-hydrogen) atoms. The molecule has 2 aromatic rings. The van der Waals surface area contributed by atoms with Crippen LogP contribution in [0.1, 0.15) is 30.2 Å². The molecule has 1 fully saturated rings. The van der Waals surface area contributed by atoms with Gasteiger partial charge in [0, 0.05) is 29.5 Å². The van der Waals surface area contributed by atoms with E-state index in [1.54, 1.807) is 12.3 Å². The molecule has 2 atom stereocenters. The highest BCUT2D eigenvalue weighted by Crippen LogP contribution is 2.24. The number of piperidine rings is 1. The lowest BCUT2D eigenvalue weighted by Gasteiger charge is -2.26. The summed E-state index contributed by atoms with van der Waals surface area (Å²) in [6.45, 7) is 2.92. The van der Waals surface area contributed by atoms with Gasteiger partial charge in [-0.25, -0.2) is 13.8 Å². The Balaban J connectivity index is 1.60. The minimum absolute atomic E-state index is 0.000190. The van der Waals surface area contributed by atoms with E-state index in [0.717, 1.165) is 30.3 Å². The first-order valence-corrected chi connectivity index (χ1v) is 8.76. The number of nitrogens with zero attached hydrogens (tertiary/aromatic N) is 1. The number of halogens is 2. The summed E-state index contributed by atoms with van der Waals surface area (Å²) in [6, 6.07) is 4.19. The lowest BCUT2D eigenvalue weighted by molar-refractivity contribution is -0.120. The number of carbonyl (C=O) groups excluding carboxylic acids is 1. The number of carbonyl (C=O) groups is 1. The van der Waals surface area contributed by atoms with E-state index in [4.69, 9.17) is 0 Å². The second kappa shape index (κ2) is 7.36. The van der Waals surface area contributed by atoms with Crippen LogP contribution in [0.25, 0.3) is 0 Å². The number of hydrogen-bond acceptors (Lipinski definition) is 4. The summed E-state index contributed by atoms with van der Waals surface area (Å²) >= 11 is 1.36. The molecular weight excluding hydrogens is 332 g/mol. The number of aromatic nitrogens is 1. The van der Waals surface area contributed by atoms with Gasteiger partial charge in [0.15, 0.2) is 16.8 Å². The van der Waals surface area contributed by atoms with Crippen molar-refractivity contribution in [1.82, 2.24) is 10.3 Å². The second-order valence-electron chi connectivity index (χ2n) is 6.12. The largest absolute Gasteiger partial charge is 0.314 e. The van der Waals surface area contributed by atoms with Gasteiger partial charge in [-0.05, 0) is 44.0 Å². The highest BCUT2D eigenvalue weighted by molar-refractivity contribution is 7.15. The van der Waals surface area contributed by atoms with Crippen molar-refractivity contribution in [2.24, 2.45) is 5.92 Å². The van der Waals surface area contributed by atoms with Crippen LogP contribution in [0.4, 0.5) is 13.9 Å². The van der Waals surface area contributed by atoms with Crippen LogP contribution < -0.4 is 10.6 Å². The number of benzene rings is 1. The van der Waals surface area contributed by atoms with E-state index in [1.165, 1.54) is 17.4 Å². The summed E-state index contributed by atoms with van der Waals surface area (Å²) in [7, 11) is 0. The molecule has 1 aromatic heterocycles. The number of nitrogens with one attached hydrogen (secondary N) is 2. The molecule has 7 heteroatoms. The quantitative estimate of drug-likeness (QED) is 0.888. The Bertz CT molecular complexity index is 734. The van der Waals surface area contributed by atoms with Crippen LogP contribution in [0.5, 0.6) is 0 Å². The Morgan fingerprint density at radius 1 is 1.42 bits per heavy atom. The van der Waals surface area contributed by atoms with E-state index in [1.807, 2.05) is 0 Å². The van der Waals surface area contributed by atoms with Gasteiger partial charge in [0.2, 0.25) is 5.91 Å². The molecular formula is C17H19F2N3OS. The SMILES string of the molecule is C[C@H]1C[C@@H](C(=O)Nc2ncc(Cc3ccc(F)c(F)c3)s2)CCN1. The van der Waals surface area contributed by atoms with E-state index in [9.17, 15) is 13.6 Å². The number of rotatable bonds is 4. The van der Waals surface area contributed by atoms with E-state index in [0.29, 0.717) is 23.2 Å². The minimum Gasteiger partial charge on any atom is -0.314 e. The Kier molecular flexibility index (Phi) is 5.20. The summed E-state index contributed by atoms with van der Waals surface area (Å²) in [5.74, 6) is -1.71. The molecule has 0 spiro atoms. The third-order valence-corrected chi connectivity index (χ3v) is 5.05. The van der Waals surface area contributed by atoms with Gasteiger partial charge in [0.1, 0.15) is 0 Å². The first-order valence-electron chi connectivity index (χ1n) is 7.94. The third kappa shape index (κ3) is 4.15.